The number of carbonyl (C=O) groups excluding carboxylic acids is 1. The molecule has 20 heavy (non-hydrogen) atoms. The summed E-state index contributed by atoms with van der Waals surface area (Å²) in [5.74, 6) is 1.48. The van der Waals surface area contributed by atoms with Crippen LogP contribution in [0.15, 0.2) is 36.7 Å². The third-order valence-corrected chi connectivity index (χ3v) is 2.83. The summed E-state index contributed by atoms with van der Waals surface area (Å²) in [6.07, 6.45) is 3.72. The van der Waals surface area contributed by atoms with Crippen LogP contribution in [0.25, 0.3) is 0 Å². The average molecular weight is 274 g/mol. The molecule has 0 aliphatic carbocycles. The van der Waals surface area contributed by atoms with Gasteiger partial charge in [0.2, 0.25) is 5.91 Å². The molecule has 0 aliphatic heterocycles. The van der Waals surface area contributed by atoms with E-state index in [1.165, 1.54) is 0 Å². The second kappa shape index (κ2) is 6.60. The SMILES string of the molecule is CN(Cc1ncc[nH]1)C(=O)CCOc1ccc(N)cc1. The van der Waals surface area contributed by atoms with Gasteiger partial charge in [0, 0.05) is 25.1 Å². The van der Waals surface area contributed by atoms with Crippen molar-refractivity contribution in [1.29, 1.82) is 0 Å². The Kier molecular flexibility index (Phi) is 4.60. The normalized spacial score (nSPS) is 10.2. The number of anilines is 1. The molecule has 0 saturated heterocycles. The van der Waals surface area contributed by atoms with Crippen molar-refractivity contribution in [3.05, 3.63) is 42.5 Å². The molecule has 0 unspecified atom stereocenters. The maximum Gasteiger partial charge on any atom is 0.226 e. The molecule has 1 amide bonds. The lowest BCUT2D eigenvalue weighted by atomic mass is 10.3. The summed E-state index contributed by atoms with van der Waals surface area (Å²) in [5.41, 5.74) is 6.27. The molecule has 0 radical (unpaired) electrons. The van der Waals surface area contributed by atoms with E-state index in [0.717, 1.165) is 5.82 Å². The number of rotatable bonds is 6. The molecule has 1 aromatic carbocycles. The molecule has 0 saturated carbocycles. The monoisotopic (exact) mass is 274 g/mol. The Morgan fingerprint density at radius 3 is 2.80 bits per heavy atom. The first-order chi connectivity index (χ1) is 9.65. The highest BCUT2D eigenvalue weighted by atomic mass is 16.5. The standard InChI is InChI=1S/C14H18N4O2/c1-18(10-13-16-7-8-17-13)14(19)6-9-20-12-4-2-11(15)3-5-12/h2-5,7-8H,6,9-10,15H2,1H3,(H,16,17). The Bertz CT molecular complexity index is 537. The molecular weight excluding hydrogens is 256 g/mol. The second-order valence-corrected chi connectivity index (χ2v) is 4.45. The fraction of sp³-hybridized carbons (Fsp3) is 0.286. The first-order valence-corrected chi connectivity index (χ1v) is 6.35. The van der Waals surface area contributed by atoms with Gasteiger partial charge >= 0.3 is 0 Å². The van der Waals surface area contributed by atoms with E-state index in [0.29, 0.717) is 31.0 Å². The Balaban J connectivity index is 1.73. The molecule has 6 heteroatoms. The van der Waals surface area contributed by atoms with Gasteiger partial charge in [0.1, 0.15) is 11.6 Å². The van der Waals surface area contributed by atoms with Crippen LogP contribution in [0.4, 0.5) is 5.69 Å². The number of H-pyrrole nitrogens is 1. The van der Waals surface area contributed by atoms with Crippen LogP contribution in [-0.4, -0.2) is 34.4 Å². The van der Waals surface area contributed by atoms with Crippen LogP contribution < -0.4 is 10.5 Å². The number of hydrogen-bond acceptors (Lipinski definition) is 4. The molecular formula is C14H18N4O2. The Morgan fingerprint density at radius 1 is 1.40 bits per heavy atom. The van der Waals surface area contributed by atoms with Gasteiger partial charge < -0.3 is 20.4 Å². The number of aromatic nitrogens is 2. The molecule has 0 bridgehead atoms. The fourth-order valence-electron chi connectivity index (χ4n) is 1.71. The summed E-state index contributed by atoms with van der Waals surface area (Å²) in [6, 6.07) is 7.10. The Labute approximate surface area is 117 Å². The lowest BCUT2D eigenvalue weighted by Crippen LogP contribution is -2.27. The molecule has 106 valence electrons. The number of benzene rings is 1. The average Bonchev–Trinajstić information content (AvgIpc) is 2.93. The number of amides is 1. The first kappa shape index (κ1) is 13.9. The van der Waals surface area contributed by atoms with Gasteiger partial charge in [-0.25, -0.2) is 4.98 Å². The number of nitrogens with zero attached hydrogens (tertiary/aromatic N) is 2. The highest BCUT2D eigenvalue weighted by Gasteiger charge is 2.10. The molecule has 1 aromatic heterocycles. The Hall–Kier alpha value is -2.50. The van der Waals surface area contributed by atoms with E-state index < -0.39 is 0 Å². The third-order valence-electron chi connectivity index (χ3n) is 2.83. The van der Waals surface area contributed by atoms with Gasteiger partial charge in [-0.3, -0.25) is 4.79 Å². The van der Waals surface area contributed by atoms with Crippen molar-refractivity contribution in [1.82, 2.24) is 14.9 Å². The van der Waals surface area contributed by atoms with Gasteiger partial charge in [0.15, 0.2) is 0 Å². The number of imidazole rings is 1. The first-order valence-electron chi connectivity index (χ1n) is 6.35. The van der Waals surface area contributed by atoms with Crippen molar-refractivity contribution in [3.63, 3.8) is 0 Å². The zero-order chi connectivity index (χ0) is 14.4. The van der Waals surface area contributed by atoms with E-state index >= 15 is 0 Å². The summed E-state index contributed by atoms with van der Waals surface area (Å²) in [6.45, 7) is 0.805. The maximum atomic E-state index is 11.9. The van der Waals surface area contributed by atoms with Crippen LogP contribution in [0.1, 0.15) is 12.2 Å². The van der Waals surface area contributed by atoms with Crippen molar-refractivity contribution in [2.24, 2.45) is 0 Å². The van der Waals surface area contributed by atoms with Crippen molar-refractivity contribution < 1.29 is 9.53 Å². The van der Waals surface area contributed by atoms with Crippen LogP contribution >= 0.6 is 0 Å². The van der Waals surface area contributed by atoms with Crippen LogP contribution in [0, 0.1) is 0 Å². The number of carbonyl (C=O) groups is 1. The highest BCUT2D eigenvalue weighted by Crippen LogP contribution is 2.13. The number of nitrogens with one attached hydrogen (secondary N) is 1. The molecule has 0 aliphatic rings. The van der Waals surface area contributed by atoms with Gasteiger partial charge in [-0.05, 0) is 24.3 Å². The zero-order valence-electron chi connectivity index (χ0n) is 11.4. The highest BCUT2D eigenvalue weighted by molar-refractivity contribution is 5.75. The predicted molar refractivity (Wildman–Crippen MR) is 76.0 cm³/mol. The summed E-state index contributed by atoms with van der Waals surface area (Å²) in [7, 11) is 1.74. The molecule has 6 nitrogen and oxygen atoms in total. The van der Waals surface area contributed by atoms with E-state index in [2.05, 4.69) is 9.97 Å². The third kappa shape index (κ3) is 4.01. The van der Waals surface area contributed by atoms with Crippen LogP contribution in [0.5, 0.6) is 5.75 Å². The van der Waals surface area contributed by atoms with Crippen LogP contribution in [-0.2, 0) is 11.3 Å². The molecule has 0 fully saturated rings. The number of nitrogen functional groups attached to an aromatic ring is 1. The molecule has 2 rings (SSSR count). The van der Waals surface area contributed by atoms with E-state index in [-0.39, 0.29) is 5.91 Å². The minimum absolute atomic E-state index is 0.0110. The molecule has 2 aromatic rings. The van der Waals surface area contributed by atoms with E-state index in [1.807, 2.05) is 0 Å². The molecule has 0 atom stereocenters. The van der Waals surface area contributed by atoms with Gasteiger partial charge in [0.25, 0.3) is 0 Å². The smallest absolute Gasteiger partial charge is 0.226 e. The largest absolute Gasteiger partial charge is 0.493 e. The number of aromatic amines is 1. The lowest BCUT2D eigenvalue weighted by Gasteiger charge is -2.16. The van der Waals surface area contributed by atoms with Crippen molar-refractivity contribution in [2.45, 2.75) is 13.0 Å². The molecule has 1 heterocycles. The zero-order valence-corrected chi connectivity index (χ0v) is 11.4. The predicted octanol–water partition coefficient (Wildman–Crippen LogP) is 1.42. The number of nitrogens with two attached hydrogens (primary N) is 1. The minimum atomic E-state index is 0.0110. The summed E-state index contributed by atoms with van der Waals surface area (Å²) in [4.78, 5) is 20.6. The second-order valence-electron chi connectivity index (χ2n) is 4.45. The quantitative estimate of drug-likeness (QED) is 0.780. The summed E-state index contributed by atoms with van der Waals surface area (Å²) in [5, 5.41) is 0. The van der Waals surface area contributed by atoms with E-state index in [4.69, 9.17) is 10.5 Å². The van der Waals surface area contributed by atoms with Gasteiger partial charge in [-0.15, -0.1) is 0 Å². The topological polar surface area (TPSA) is 84.2 Å². The number of hydrogen-bond donors (Lipinski definition) is 2. The van der Waals surface area contributed by atoms with E-state index in [9.17, 15) is 4.79 Å². The van der Waals surface area contributed by atoms with Crippen molar-refractivity contribution in [3.8, 4) is 5.75 Å². The van der Waals surface area contributed by atoms with Crippen molar-refractivity contribution >= 4 is 11.6 Å². The fourth-order valence-corrected chi connectivity index (χ4v) is 1.71. The molecule has 0 spiro atoms. The maximum absolute atomic E-state index is 11.9. The number of ether oxygens (including phenoxy) is 1. The van der Waals surface area contributed by atoms with Gasteiger partial charge in [-0.2, -0.15) is 0 Å². The minimum Gasteiger partial charge on any atom is -0.493 e. The summed E-state index contributed by atoms with van der Waals surface area (Å²) >= 11 is 0. The molecule has 3 N–H and O–H groups in total. The van der Waals surface area contributed by atoms with Crippen molar-refractivity contribution in [2.75, 3.05) is 19.4 Å². The van der Waals surface area contributed by atoms with E-state index in [1.54, 1.807) is 48.6 Å². The summed E-state index contributed by atoms with van der Waals surface area (Å²) < 4.78 is 5.49. The van der Waals surface area contributed by atoms with Crippen LogP contribution in [0.2, 0.25) is 0 Å². The van der Waals surface area contributed by atoms with Gasteiger partial charge in [-0.1, -0.05) is 0 Å². The lowest BCUT2D eigenvalue weighted by molar-refractivity contribution is -0.131. The van der Waals surface area contributed by atoms with Crippen LogP contribution in [0.3, 0.4) is 0 Å². The Morgan fingerprint density at radius 2 is 2.15 bits per heavy atom. The van der Waals surface area contributed by atoms with Gasteiger partial charge in [0.05, 0.1) is 19.6 Å².